The first kappa shape index (κ1) is 13.2. The topological polar surface area (TPSA) is 46.5 Å². The van der Waals surface area contributed by atoms with Crippen LogP contribution >= 0.6 is 11.6 Å². The molecule has 96 valence electrons. The maximum atomic E-state index is 12.7. The molecule has 3 nitrogen and oxygen atoms in total. The lowest BCUT2D eigenvalue weighted by atomic mass is 9.88. The Morgan fingerprint density at radius 2 is 1.94 bits per heavy atom. The monoisotopic (exact) mass is 287 g/mol. The lowest BCUT2D eigenvalue weighted by Crippen LogP contribution is -2.22. The van der Waals surface area contributed by atoms with Crippen LogP contribution in [0.1, 0.15) is 12.0 Å². The molecule has 0 spiro atoms. The fraction of sp³-hybridized carbons (Fsp3) is 0.250. The van der Waals surface area contributed by atoms with Crippen molar-refractivity contribution in [3.8, 4) is 0 Å². The van der Waals surface area contributed by atoms with E-state index in [0.29, 0.717) is 5.02 Å². The van der Waals surface area contributed by atoms with Crippen LogP contribution < -0.4 is 0 Å². The minimum atomic E-state index is -4.50. The van der Waals surface area contributed by atoms with Crippen LogP contribution in [0.2, 0.25) is 5.02 Å². The van der Waals surface area contributed by atoms with Gasteiger partial charge in [0.15, 0.2) is 0 Å². The van der Waals surface area contributed by atoms with Crippen LogP contribution in [0.4, 0.5) is 3.89 Å². The van der Waals surface area contributed by atoms with E-state index in [1.54, 1.807) is 42.6 Å². The summed E-state index contributed by atoms with van der Waals surface area (Å²) < 4.78 is 34.0. The van der Waals surface area contributed by atoms with Crippen molar-refractivity contribution in [2.24, 2.45) is 4.99 Å². The first-order valence-electron chi connectivity index (χ1n) is 5.33. The van der Waals surface area contributed by atoms with Crippen molar-refractivity contribution in [2.75, 3.05) is 5.75 Å². The summed E-state index contributed by atoms with van der Waals surface area (Å²) in [5.41, 5.74) is -0.00966. The molecule has 18 heavy (non-hydrogen) atoms. The van der Waals surface area contributed by atoms with Crippen LogP contribution in [0.3, 0.4) is 0 Å². The second-order valence-corrected chi connectivity index (χ2v) is 5.98. The van der Waals surface area contributed by atoms with Crippen molar-refractivity contribution in [3.63, 3.8) is 0 Å². The van der Waals surface area contributed by atoms with Gasteiger partial charge in [0, 0.05) is 11.2 Å². The largest absolute Gasteiger partial charge is 0.302 e. The SMILES string of the molecule is O=S(=O)(F)CCC1(c2ccc(Cl)cc2)C=CC=N1. The van der Waals surface area contributed by atoms with Gasteiger partial charge in [0.1, 0.15) is 5.54 Å². The van der Waals surface area contributed by atoms with E-state index in [2.05, 4.69) is 4.99 Å². The average Bonchev–Trinajstić information content (AvgIpc) is 2.76. The molecule has 0 N–H and O–H groups in total. The summed E-state index contributed by atoms with van der Waals surface area (Å²) in [5.74, 6) is -0.558. The molecule has 1 aromatic carbocycles. The Morgan fingerprint density at radius 1 is 1.28 bits per heavy atom. The standard InChI is InChI=1S/C12H11ClFNO2S/c13-11-4-2-10(3-5-11)12(6-1-8-15-12)7-9-18(14,16)17/h1-6,8H,7,9H2. The number of nitrogens with zero attached hydrogens (tertiary/aromatic N) is 1. The second-order valence-electron chi connectivity index (χ2n) is 4.06. The van der Waals surface area contributed by atoms with E-state index in [1.807, 2.05) is 0 Å². The minimum Gasteiger partial charge on any atom is -0.278 e. The van der Waals surface area contributed by atoms with Crippen LogP contribution in [0, 0.1) is 0 Å². The predicted octanol–water partition coefficient (Wildman–Crippen LogP) is 2.87. The Labute approximate surface area is 110 Å². The lowest BCUT2D eigenvalue weighted by molar-refractivity contribution is 0.517. The van der Waals surface area contributed by atoms with Gasteiger partial charge < -0.3 is 0 Å². The number of allylic oxidation sites excluding steroid dienone is 1. The van der Waals surface area contributed by atoms with Gasteiger partial charge in [-0.2, -0.15) is 8.42 Å². The summed E-state index contributed by atoms with van der Waals surface area (Å²) in [5, 5.41) is 0.581. The summed E-state index contributed by atoms with van der Waals surface area (Å²) in [6.45, 7) is 0. The van der Waals surface area contributed by atoms with Gasteiger partial charge >= 0.3 is 10.2 Å². The zero-order valence-corrected chi connectivity index (χ0v) is 11.0. The number of rotatable bonds is 4. The van der Waals surface area contributed by atoms with E-state index >= 15 is 0 Å². The number of benzene rings is 1. The Balaban J connectivity index is 2.31. The van der Waals surface area contributed by atoms with Gasteiger partial charge in [-0.25, -0.2) is 0 Å². The van der Waals surface area contributed by atoms with Crippen LogP contribution in [0.5, 0.6) is 0 Å². The van der Waals surface area contributed by atoms with Crippen LogP contribution in [0.15, 0.2) is 41.4 Å². The Kier molecular flexibility index (Phi) is 3.54. The van der Waals surface area contributed by atoms with E-state index in [4.69, 9.17) is 11.6 Å². The van der Waals surface area contributed by atoms with Crippen LogP contribution in [0.25, 0.3) is 0 Å². The molecule has 0 fully saturated rings. The summed E-state index contributed by atoms with van der Waals surface area (Å²) in [6, 6.07) is 6.93. The van der Waals surface area contributed by atoms with Gasteiger partial charge in [0.05, 0.1) is 5.75 Å². The van der Waals surface area contributed by atoms with Crippen molar-refractivity contribution in [2.45, 2.75) is 12.0 Å². The fourth-order valence-electron chi connectivity index (χ4n) is 1.90. The van der Waals surface area contributed by atoms with Crippen LogP contribution in [-0.2, 0) is 15.8 Å². The average molecular weight is 288 g/mol. The molecule has 1 unspecified atom stereocenters. The van der Waals surface area contributed by atoms with Crippen molar-refractivity contribution in [1.82, 2.24) is 0 Å². The zero-order chi connectivity index (χ0) is 13.2. The summed E-state index contributed by atoms with van der Waals surface area (Å²) >= 11 is 5.80. The maximum Gasteiger partial charge on any atom is 0.302 e. The quantitative estimate of drug-likeness (QED) is 0.800. The molecule has 1 aliphatic heterocycles. The summed E-state index contributed by atoms with van der Waals surface area (Å²) in [4.78, 5) is 4.26. The third kappa shape index (κ3) is 2.97. The molecule has 0 aromatic heterocycles. The van der Waals surface area contributed by atoms with Gasteiger partial charge in [-0.15, -0.1) is 3.89 Å². The van der Waals surface area contributed by atoms with Crippen molar-refractivity contribution < 1.29 is 12.3 Å². The number of halogens is 2. The molecule has 1 heterocycles. The van der Waals surface area contributed by atoms with E-state index < -0.39 is 21.5 Å². The molecule has 0 radical (unpaired) electrons. The molecular formula is C12H11ClFNO2S. The van der Waals surface area contributed by atoms with E-state index in [-0.39, 0.29) is 6.42 Å². The number of hydrogen-bond acceptors (Lipinski definition) is 3. The minimum absolute atomic E-state index is 0.0699. The fourth-order valence-corrected chi connectivity index (χ4v) is 2.58. The highest BCUT2D eigenvalue weighted by molar-refractivity contribution is 7.86. The van der Waals surface area contributed by atoms with Gasteiger partial charge in [0.25, 0.3) is 0 Å². The van der Waals surface area contributed by atoms with Gasteiger partial charge in [-0.3, -0.25) is 4.99 Å². The van der Waals surface area contributed by atoms with Gasteiger partial charge in [-0.05, 0) is 30.2 Å². The first-order valence-corrected chi connectivity index (χ1v) is 7.26. The van der Waals surface area contributed by atoms with Crippen molar-refractivity contribution in [3.05, 3.63) is 47.0 Å². The number of hydrogen-bond donors (Lipinski definition) is 0. The van der Waals surface area contributed by atoms with Gasteiger partial charge in [0.2, 0.25) is 0 Å². The normalized spacial score (nSPS) is 22.6. The third-order valence-corrected chi connectivity index (χ3v) is 3.78. The zero-order valence-electron chi connectivity index (χ0n) is 9.38. The van der Waals surface area contributed by atoms with Crippen molar-refractivity contribution >= 4 is 28.0 Å². The molecule has 0 saturated carbocycles. The van der Waals surface area contributed by atoms with Crippen molar-refractivity contribution in [1.29, 1.82) is 0 Å². The molecular weight excluding hydrogens is 277 g/mol. The second kappa shape index (κ2) is 4.82. The van der Waals surface area contributed by atoms with Crippen LogP contribution in [-0.4, -0.2) is 20.4 Å². The maximum absolute atomic E-state index is 12.7. The molecule has 1 atom stereocenters. The Morgan fingerprint density at radius 3 is 2.44 bits per heavy atom. The Hall–Kier alpha value is -1.20. The van der Waals surface area contributed by atoms with Gasteiger partial charge in [-0.1, -0.05) is 29.8 Å². The molecule has 2 rings (SSSR count). The first-order chi connectivity index (χ1) is 8.41. The molecule has 0 bridgehead atoms. The smallest absolute Gasteiger partial charge is 0.278 e. The summed E-state index contributed by atoms with van der Waals surface area (Å²) in [6.07, 6.45) is 5.14. The highest BCUT2D eigenvalue weighted by Crippen LogP contribution is 2.34. The molecule has 1 aromatic rings. The highest BCUT2D eigenvalue weighted by Gasteiger charge is 2.31. The van der Waals surface area contributed by atoms with E-state index in [1.165, 1.54) is 0 Å². The molecule has 1 aliphatic rings. The van der Waals surface area contributed by atoms with E-state index in [0.717, 1.165) is 5.56 Å². The predicted molar refractivity (Wildman–Crippen MR) is 70.3 cm³/mol. The molecule has 6 heteroatoms. The Bertz CT molecular complexity index is 581. The molecule has 0 saturated heterocycles. The van der Waals surface area contributed by atoms with E-state index in [9.17, 15) is 12.3 Å². The lowest BCUT2D eigenvalue weighted by Gasteiger charge is -2.24. The third-order valence-electron chi connectivity index (χ3n) is 2.83. The molecule has 0 amide bonds. The number of aliphatic imine (C=N–C) groups is 1. The highest BCUT2D eigenvalue weighted by atomic mass is 35.5. The summed E-state index contributed by atoms with van der Waals surface area (Å²) in [7, 11) is -4.50. The molecule has 0 aliphatic carbocycles.